The molecule has 0 spiro atoms. The fourth-order valence-corrected chi connectivity index (χ4v) is 2.96. The summed E-state index contributed by atoms with van der Waals surface area (Å²) >= 11 is 0. The van der Waals surface area contributed by atoms with E-state index in [9.17, 15) is 13.6 Å². The third kappa shape index (κ3) is 4.54. The van der Waals surface area contributed by atoms with E-state index in [2.05, 4.69) is 10.4 Å². The zero-order valence-electron chi connectivity index (χ0n) is 15.9. The number of ether oxygens (including phenoxy) is 1. The zero-order chi connectivity index (χ0) is 20.3. The number of benzene rings is 2. The number of nitrogens with one attached hydrogen (secondary N) is 1. The second-order valence-electron chi connectivity index (χ2n) is 6.60. The van der Waals surface area contributed by atoms with Crippen LogP contribution in [0, 0.1) is 18.6 Å². The van der Waals surface area contributed by atoms with Gasteiger partial charge < -0.3 is 10.1 Å². The van der Waals surface area contributed by atoms with Crippen LogP contribution in [0.1, 0.15) is 40.1 Å². The molecule has 0 saturated carbocycles. The smallest absolute Gasteiger partial charge is 0.251 e. The van der Waals surface area contributed by atoms with Crippen LogP contribution in [0.4, 0.5) is 8.78 Å². The van der Waals surface area contributed by atoms with Crippen molar-refractivity contribution in [3.63, 3.8) is 0 Å². The van der Waals surface area contributed by atoms with E-state index in [4.69, 9.17) is 4.74 Å². The lowest BCUT2D eigenvalue weighted by atomic mass is 10.1. The minimum Gasteiger partial charge on any atom is -0.486 e. The van der Waals surface area contributed by atoms with Crippen LogP contribution in [0.5, 0.6) is 5.75 Å². The Morgan fingerprint density at radius 2 is 2.04 bits per heavy atom. The van der Waals surface area contributed by atoms with Gasteiger partial charge >= 0.3 is 0 Å². The Hall–Kier alpha value is -3.22. The van der Waals surface area contributed by atoms with Gasteiger partial charge in [0.15, 0.2) is 11.6 Å². The molecule has 0 fully saturated rings. The highest BCUT2D eigenvalue weighted by Gasteiger charge is 2.16. The third-order valence-electron chi connectivity index (χ3n) is 4.34. The fourth-order valence-electron chi connectivity index (χ4n) is 2.96. The number of hydrogen-bond acceptors (Lipinski definition) is 3. The summed E-state index contributed by atoms with van der Waals surface area (Å²) in [6.07, 6.45) is 1.88. The minimum atomic E-state index is -0.769. The maximum absolute atomic E-state index is 13.7. The molecule has 3 aromatic rings. The molecule has 1 atom stereocenters. The van der Waals surface area contributed by atoms with Crippen LogP contribution in [-0.4, -0.2) is 15.7 Å². The summed E-state index contributed by atoms with van der Waals surface area (Å²) in [6, 6.07) is 9.81. The molecule has 5 nitrogen and oxygen atoms in total. The molecule has 7 heteroatoms. The molecule has 1 aromatic heterocycles. The summed E-state index contributed by atoms with van der Waals surface area (Å²) in [6.45, 7) is 3.84. The molecule has 0 aliphatic rings. The molecule has 0 bridgehead atoms. The molecule has 3 rings (SSSR count). The number of hydrogen-bond donors (Lipinski definition) is 1. The average molecular weight is 385 g/mol. The molecule has 1 heterocycles. The highest BCUT2D eigenvalue weighted by Crippen LogP contribution is 2.20. The number of rotatable bonds is 6. The SMILES string of the molecule is Cc1nn(C)cc1C(C)NC(=O)c1cccc(COc2ccc(F)cc2F)c1. The molecule has 1 unspecified atom stereocenters. The van der Waals surface area contributed by atoms with E-state index in [-0.39, 0.29) is 24.3 Å². The van der Waals surface area contributed by atoms with Crippen LogP contribution >= 0.6 is 0 Å². The molecular weight excluding hydrogens is 364 g/mol. The van der Waals surface area contributed by atoms with Gasteiger partial charge in [0.1, 0.15) is 12.4 Å². The number of carbonyl (C=O) groups excluding carboxylic acids is 1. The van der Waals surface area contributed by atoms with E-state index in [0.29, 0.717) is 11.1 Å². The van der Waals surface area contributed by atoms with Crippen LogP contribution in [0.25, 0.3) is 0 Å². The maximum Gasteiger partial charge on any atom is 0.251 e. The topological polar surface area (TPSA) is 56.2 Å². The van der Waals surface area contributed by atoms with Crippen molar-refractivity contribution in [2.75, 3.05) is 0 Å². The van der Waals surface area contributed by atoms with Crippen molar-refractivity contribution in [3.05, 3.63) is 82.7 Å². The first-order chi connectivity index (χ1) is 13.3. The highest BCUT2D eigenvalue weighted by molar-refractivity contribution is 5.94. The maximum atomic E-state index is 13.7. The summed E-state index contributed by atoms with van der Waals surface area (Å²) in [5.41, 5.74) is 2.97. The van der Waals surface area contributed by atoms with Gasteiger partial charge in [-0.15, -0.1) is 0 Å². The lowest BCUT2D eigenvalue weighted by Gasteiger charge is -2.14. The first kappa shape index (κ1) is 19.5. The third-order valence-corrected chi connectivity index (χ3v) is 4.34. The number of halogens is 2. The molecule has 28 heavy (non-hydrogen) atoms. The fraction of sp³-hybridized carbons (Fsp3) is 0.238. The number of amides is 1. The van der Waals surface area contributed by atoms with Crippen molar-refractivity contribution < 1.29 is 18.3 Å². The molecule has 0 aliphatic heterocycles. The van der Waals surface area contributed by atoms with Gasteiger partial charge in [0.2, 0.25) is 0 Å². The van der Waals surface area contributed by atoms with Crippen LogP contribution in [0.2, 0.25) is 0 Å². The molecular formula is C21H21F2N3O2. The molecule has 1 N–H and O–H groups in total. The summed E-state index contributed by atoms with van der Waals surface area (Å²) in [5, 5.41) is 7.23. The number of aromatic nitrogens is 2. The minimum absolute atomic E-state index is 0.0445. The Bertz CT molecular complexity index is 1000. The first-order valence-corrected chi connectivity index (χ1v) is 8.81. The van der Waals surface area contributed by atoms with Crippen LogP contribution in [0.3, 0.4) is 0 Å². The predicted octanol–water partition coefficient (Wildman–Crippen LogP) is 4.08. The number of carbonyl (C=O) groups is 1. The summed E-state index contributed by atoms with van der Waals surface area (Å²) in [5.74, 6) is -1.71. The van der Waals surface area contributed by atoms with Crippen molar-refractivity contribution in [2.24, 2.45) is 7.05 Å². The molecule has 0 radical (unpaired) electrons. The first-order valence-electron chi connectivity index (χ1n) is 8.81. The zero-order valence-corrected chi connectivity index (χ0v) is 15.9. The van der Waals surface area contributed by atoms with Crippen molar-refractivity contribution in [1.29, 1.82) is 0 Å². The Morgan fingerprint density at radius 1 is 1.25 bits per heavy atom. The van der Waals surface area contributed by atoms with Crippen molar-refractivity contribution in [1.82, 2.24) is 15.1 Å². The highest BCUT2D eigenvalue weighted by atomic mass is 19.1. The summed E-state index contributed by atoms with van der Waals surface area (Å²) < 4.78 is 33.7. The standard InChI is InChI=1S/C21H21F2N3O2/c1-13(18-11-26(3)25-14(18)2)24-21(27)16-6-4-5-15(9-16)12-28-20-8-7-17(22)10-19(20)23/h4-11,13H,12H2,1-3H3,(H,24,27). The average Bonchev–Trinajstić information content (AvgIpc) is 2.99. The largest absolute Gasteiger partial charge is 0.486 e. The van der Waals surface area contributed by atoms with Gasteiger partial charge in [-0.1, -0.05) is 12.1 Å². The Morgan fingerprint density at radius 3 is 2.71 bits per heavy atom. The Kier molecular flexibility index (Phi) is 5.73. The molecule has 0 aliphatic carbocycles. The van der Waals surface area contributed by atoms with Crippen molar-refractivity contribution in [3.8, 4) is 5.75 Å². The molecule has 146 valence electrons. The van der Waals surface area contributed by atoms with E-state index >= 15 is 0 Å². The van der Waals surface area contributed by atoms with Gasteiger partial charge in [0, 0.05) is 30.4 Å². The van der Waals surface area contributed by atoms with Gasteiger partial charge in [-0.3, -0.25) is 9.48 Å². The van der Waals surface area contributed by atoms with E-state index in [0.717, 1.165) is 23.4 Å². The Labute approximate surface area is 161 Å². The van der Waals surface area contributed by atoms with Gasteiger partial charge in [-0.05, 0) is 43.7 Å². The van der Waals surface area contributed by atoms with Gasteiger partial charge in [-0.2, -0.15) is 5.10 Å². The van der Waals surface area contributed by atoms with Gasteiger partial charge in [-0.25, -0.2) is 8.78 Å². The molecule has 2 aromatic carbocycles. The second kappa shape index (κ2) is 8.21. The van der Waals surface area contributed by atoms with Crippen LogP contribution in [0.15, 0.2) is 48.7 Å². The predicted molar refractivity (Wildman–Crippen MR) is 101 cm³/mol. The number of aryl methyl sites for hydroxylation is 2. The molecule has 1 amide bonds. The van der Waals surface area contributed by atoms with E-state index in [1.807, 2.05) is 27.1 Å². The lowest BCUT2D eigenvalue weighted by Crippen LogP contribution is -2.27. The quantitative estimate of drug-likeness (QED) is 0.696. The normalized spacial score (nSPS) is 11.9. The summed E-state index contributed by atoms with van der Waals surface area (Å²) in [4.78, 5) is 12.6. The van der Waals surface area contributed by atoms with E-state index in [1.54, 1.807) is 28.9 Å². The monoisotopic (exact) mass is 385 g/mol. The van der Waals surface area contributed by atoms with Gasteiger partial charge in [0.05, 0.1) is 11.7 Å². The second-order valence-corrected chi connectivity index (χ2v) is 6.60. The van der Waals surface area contributed by atoms with Crippen LogP contribution in [-0.2, 0) is 13.7 Å². The number of nitrogens with zero attached hydrogens (tertiary/aromatic N) is 2. The van der Waals surface area contributed by atoms with Crippen molar-refractivity contribution in [2.45, 2.75) is 26.5 Å². The van der Waals surface area contributed by atoms with Crippen LogP contribution < -0.4 is 10.1 Å². The lowest BCUT2D eigenvalue weighted by molar-refractivity contribution is 0.0939. The van der Waals surface area contributed by atoms with Gasteiger partial charge in [0.25, 0.3) is 5.91 Å². The summed E-state index contributed by atoms with van der Waals surface area (Å²) in [7, 11) is 1.83. The Balaban J connectivity index is 1.66. The van der Waals surface area contributed by atoms with Crippen molar-refractivity contribution >= 4 is 5.91 Å². The molecule has 0 saturated heterocycles. The van der Waals surface area contributed by atoms with E-state index in [1.165, 1.54) is 6.07 Å². The van der Waals surface area contributed by atoms with E-state index < -0.39 is 11.6 Å².